The van der Waals surface area contributed by atoms with Gasteiger partial charge in [-0.25, -0.2) is 4.98 Å². The van der Waals surface area contributed by atoms with Crippen molar-refractivity contribution in [3.8, 4) is 0 Å². The molecule has 1 fully saturated rings. The van der Waals surface area contributed by atoms with Crippen LogP contribution in [0.25, 0.3) is 0 Å². The van der Waals surface area contributed by atoms with Crippen molar-refractivity contribution in [2.75, 3.05) is 29.1 Å². The number of hydrogen-bond acceptors (Lipinski definition) is 6. The minimum absolute atomic E-state index is 0.00872. The summed E-state index contributed by atoms with van der Waals surface area (Å²) in [4.78, 5) is 10.9. The monoisotopic (exact) mass is 395 g/mol. The van der Waals surface area contributed by atoms with Crippen LogP contribution in [0.2, 0.25) is 0 Å². The zero-order valence-corrected chi connectivity index (χ0v) is 15.6. The Morgan fingerprint density at radius 3 is 2.75 bits per heavy atom. The van der Waals surface area contributed by atoms with Gasteiger partial charge >= 0.3 is 6.18 Å². The maximum atomic E-state index is 13.1. The SMILES string of the molecule is CCCc1cc(N2CCC[C@H]2CO)nc(Nc2ccc(N)c(C(F)(F)F)c2)n1. The van der Waals surface area contributed by atoms with Gasteiger partial charge < -0.3 is 21.1 Å². The van der Waals surface area contributed by atoms with Crippen molar-refractivity contribution in [1.82, 2.24) is 9.97 Å². The number of benzene rings is 1. The first-order chi connectivity index (χ1) is 13.3. The fourth-order valence-electron chi connectivity index (χ4n) is 3.41. The zero-order chi connectivity index (χ0) is 20.3. The number of nitrogens with two attached hydrogens (primary N) is 1. The smallest absolute Gasteiger partial charge is 0.398 e. The second-order valence-electron chi connectivity index (χ2n) is 6.89. The molecule has 0 radical (unpaired) electrons. The molecule has 1 aliphatic heterocycles. The Bertz CT molecular complexity index is 828. The Labute approximate surface area is 161 Å². The molecule has 2 heterocycles. The number of nitrogens with zero attached hydrogens (tertiary/aromatic N) is 3. The minimum Gasteiger partial charge on any atom is -0.398 e. The molecule has 6 nitrogen and oxygen atoms in total. The van der Waals surface area contributed by atoms with Gasteiger partial charge in [0.1, 0.15) is 5.82 Å². The van der Waals surface area contributed by atoms with Crippen molar-refractivity contribution in [3.05, 3.63) is 35.5 Å². The lowest BCUT2D eigenvalue weighted by Gasteiger charge is -2.25. The average molecular weight is 395 g/mol. The second-order valence-corrected chi connectivity index (χ2v) is 6.89. The van der Waals surface area contributed by atoms with Gasteiger partial charge in [-0.2, -0.15) is 18.2 Å². The Morgan fingerprint density at radius 2 is 2.07 bits per heavy atom. The molecule has 0 spiro atoms. The summed E-state index contributed by atoms with van der Waals surface area (Å²) in [7, 11) is 0. The zero-order valence-electron chi connectivity index (χ0n) is 15.6. The van der Waals surface area contributed by atoms with Crippen LogP contribution in [0.4, 0.5) is 36.3 Å². The van der Waals surface area contributed by atoms with E-state index >= 15 is 0 Å². The predicted molar refractivity (Wildman–Crippen MR) is 103 cm³/mol. The number of nitrogens with one attached hydrogen (secondary N) is 1. The molecule has 152 valence electrons. The number of anilines is 4. The molecule has 0 unspecified atom stereocenters. The van der Waals surface area contributed by atoms with E-state index < -0.39 is 11.7 Å². The molecule has 9 heteroatoms. The first-order valence-corrected chi connectivity index (χ1v) is 9.31. The summed E-state index contributed by atoms with van der Waals surface area (Å²) in [6, 6.07) is 5.51. The van der Waals surface area contributed by atoms with Crippen molar-refractivity contribution in [3.63, 3.8) is 0 Å². The third-order valence-electron chi connectivity index (χ3n) is 4.77. The number of aromatic nitrogens is 2. The van der Waals surface area contributed by atoms with E-state index in [1.165, 1.54) is 12.1 Å². The molecule has 3 rings (SSSR count). The van der Waals surface area contributed by atoms with Gasteiger partial charge in [0, 0.05) is 29.7 Å². The summed E-state index contributed by atoms with van der Waals surface area (Å²) in [6.45, 7) is 2.83. The molecule has 1 aromatic heterocycles. The number of nitrogen functional groups attached to an aromatic ring is 1. The van der Waals surface area contributed by atoms with E-state index in [9.17, 15) is 18.3 Å². The van der Waals surface area contributed by atoms with Gasteiger partial charge in [-0.05, 0) is 37.5 Å². The van der Waals surface area contributed by atoms with Crippen LogP contribution in [0.3, 0.4) is 0 Å². The number of aliphatic hydroxyl groups is 1. The quantitative estimate of drug-likeness (QED) is 0.646. The number of halogens is 3. The van der Waals surface area contributed by atoms with Gasteiger partial charge in [-0.15, -0.1) is 0 Å². The normalized spacial score (nSPS) is 17.2. The summed E-state index contributed by atoms with van der Waals surface area (Å²) >= 11 is 0. The lowest BCUT2D eigenvalue weighted by Crippen LogP contribution is -2.33. The standard InChI is InChI=1S/C19H24F3N5O/c1-2-4-12-10-17(27-8-3-5-14(27)11-28)26-18(24-12)25-13-6-7-16(23)15(9-13)19(20,21)22/h6-7,9-10,14,28H,2-5,8,11,23H2,1H3,(H,24,25,26)/t14-/m0/s1. The van der Waals surface area contributed by atoms with Crippen LogP contribution in [-0.2, 0) is 12.6 Å². The van der Waals surface area contributed by atoms with Gasteiger partial charge in [0.2, 0.25) is 5.95 Å². The molecular formula is C19H24F3N5O. The van der Waals surface area contributed by atoms with Crippen LogP contribution in [-0.4, -0.2) is 34.3 Å². The maximum Gasteiger partial charge on any atom is 0.418 e. The number of hydrogen-bond donors (Lipinski definition) is 3. The predicted octanol–water partition coefficient (Wildman–Crippen LogP) is 3.73. The lowest BCUT2D eigenvalue weighted by molar-refractivity contribution is -0.136. The molecule has 4 N–H and O–H groups in total. The summed E-state index contributed by atoms with van der Waals surface area (Å²) < 4.78 is 39.3. The van der Waals surface area contributed by atoms with E-state index in [0.29, 0.717) is 5.82 Å². The van der Waals surface area contributed by atoms with E-state index in [1.807, 2.05) is 17.9 Å². The maximum absolute atomic E-state index is 13.1. The van der Waals surface area contributed by atoms with Crippen molar-refractivity contribution in [1.29, 1.82) is 0 Å². The van der Waals surface area contributed by atoms with Crippen LogP contribution in [0.5, 0.6) is 0 Å². The molecule has 1 saturated heterocycles. The van der Waals surface area contributed by atoms with Crippen molar-refractivity contribution < 1.29 is 18.3 Å². The number of aryl methyl sites for hydroxylation is 1. The topological polar surface area (TPSA) is 87.3 Å². The Morgan fingerprint density at radius 1 is 1.29 bits per heavy atom. The molecule has 0 amide bonds. The van der Waals surface area contributed by atoms with Crippen LogP contribution < -0.4 is 16.0 Å². The second kappa shape index (κ2) is 8.22. The summed E-state index contributed by atoms with van der Waals surface area (Å²) in [5.41, 5.74) is 5.23. The van der Waals surface area contributed by atoms with Crippen LogP contribution in [0, 0.1) is 0 Å². The summed E-state index contributed by atoms with van der Waals surface area (Å²) in [5, 5.41) is 12.5. The van der Waals surface area contributed by atoms with E-state index in [1.54, 1.807) is 0 Å². The lowest BCUT2D eigenvalue weighted by atomic mass is 10.1. The van der Waals surface area contributed by atoms with Crippen LogP contribution >= 0.6 is 0 Å². The van der Waals surface area contributed by atoms with Crippen molar-refractivity contribution in [2.45, 2.75) is 44.8 Å². The Hall–Kier alpha value is -2.55. The molecule has 0 saturated carbocycles. The fraction of sp³-hybridized carbons (Fsp3) is 0.474. The average Bonchev–Trinajstić information content (AvgIpc) is 3.11. The highest BCUT2D eigenvalue weighted by molar-refractivity contribution is 5.63. The van der Waals surface area contributed by atoms with E-state index in [-0.39, 0.29) is 30.0 Å². The Balaban J connectivity index is 1.93. The third kappa shape index (κ3) is 4.46. The molecule has 1 atom stereocenters. The van der Waals surface area contributed by atoms with Gasteiger partial charge in [0.05, 0.1) is 18.2 Å². The summed E-state index contributed by atoms with van der Waals surface area (Å²) in [5.74, 6) is 0.895. The number of alkyl halides is 3. The van der Waals surface area contributed by atoms with E-state index in [0.717, 1.165) is 44.0 Å². The molecule has 0 aliphatic carbocycles. The molecule has 1 aromatic carbocycles. The number of rotatable bonds is 6. The highest BCUT2D eigenvalue weighted by Gasteiger charge is 2.33. The third-order valence-corrected chi connectivity index (χ3v) is 4.77. The fourth-order valence-corrected chi connectivity index (χ4v) is 3.41. The molecule has 28 heavy (non-hydrogen) atoms. The molecule has 2 aromatic rings. The highest BCUT2D eigenvalue weighted by Crippen LogP contribution is 2.35. The van der Waals surface area contributed by atoms with Crippen molar-refractivity contribution in [2.24, 2.45) is 0 Å². The highest BCUT2D eigenvalue weighted by atomic mass is 19.4. The van der Waals surface area contributed by atoms with Crippen LogP contribution in [0.15, 0.2) is 24.3 Å². The minimum atomic E-state index is -4.54. The van der Waals surface area contributed by atoms with Crippen LogP contribution in [0.1, 0.15) is 37.4 Å². The van der Waals surface area contributed by atoms with Gasteiger partial charge in [-0.3, -0.25) is 0 Å². The first-order valence-electron chi connectivity index (χ1n) is 9.31. The van der Waals surface area contributed by atoms with E-state index in [2.05, 4.69) is 15.3 Å². The van der Waals surface area contributed by atoms with Gasteiger partial charge in [-0.1, -0.05) is 13.3 Å². The first kappa shape index (κ1) is 20.2. The molecule has 0 bridgehead atoms. The molecular weight excluding hydrogens is 371 g/mol. The largest absolute Gasteiger partial charge is 0.418 e. The van der Waals surface area contributed by atoms with Crippen molar-refractivity contribution >= 4 is 23.1 Å². The number of aliphatic hydroxyl groups excluding tert-OH is 1. The van der Waals surface area contributed by atoms with Gasteiger partial charge in [0.25, 0.3) is 0 Å². The Kier molecular flexibility index (Phi) is 5.93. The van der Waals surface area contributed by atoms with Gasteiger partial charge in [0.15, 0.2) is 0 Å². The molecule has 1 aliphatic rings. The summed E-state index contributed by atoms with van der Waals surface area (Å²) in [6.07, 6.45) is -1.12. The van der Waals surface area contributed by atoms with E-state index in [4.69, 9.17) is 5.73 Å².